The molecule has 0 spiro atoms. The van der Waals surface area contributed by atoms with Gasteiger partial charge >= 0.3 is 5.97 Å². The minimum Gasteiger partial charge on any atom is -0.465 e. The molecule has 2 aromatic rings. The van der Waals surface area contributed by atoms with E-state index in [1.165, 1.54) is 5.56 Å². The highest BCUT2D eigenvalue weighted by Crippen LogP contribution is 2.04. The Morgan fingerprint density at radius 1 is 0.842 bits per heavy atom. The standard InChI is InChI=1S/C17H18O2/c18-17(14-16-10-5-2-6-11-16)19-13-7-12-15-8-3-1-4-9-15/h1-6,8-11H,7,12-14H2. The molecule has 0 unspecified atom stereocenters. The van der Waals surface area contributed by atoms with Crippen LogP contribution in [0.25, 0.3) is 0 Å². The molecular formula is C17H18O2. The predicted octanol–water partition coefficient (Wildman–Crippen LogP) is 3.41. The van der Waals surface area contributed by atoms with Crippen LogP contribution < -0.4 is 0 Å². The fraction of sp³-hybridized carbons (Fsp3) is 0.235. The number of esters is 1. The quantitative estimate of drug-likeness (QED) is 0.583. The van der Waals surface area contributed by atoms with E-state index in [0.29, 0.717) is 13.0 Å². The van der Waals surface area contributed by atoms with Gasteiger partial charge in [-0.2, -0.15) is 0 Å². The summed E-state index contributed by atoms with van der Waals surface area (Å²) >= 11 is 0. The fourth-order valence-corrected chi connectivity index (χ4v) is 1.92. The summed E-state index contributed by atoms with van der Waals surface area (Å²) in [6.07, 6.45) is 2.16. The van der Waals surface area contributed by atoms with Crippen LogP contribution in [-0.2, 0) is 22.4 Å². The summed E-state index contributed by atoms with van der Waals surface area (Å²) in [5.41, 5.74) is 2.28. The molecule has 0 fully saturated rings. The monoisotopic (exact) mass is 254 g/mol. The highest BCUT2D eigenvalue weighted by atomic mass is 16.5. The second-order valence-electron chi connectivity index (χ2n) is 4.47. The van der Waals surface area contributed by atoms with Crippen LogP contribution in [-0.4, -0.2) is 12.6 Å². The van der Waals surface area contributed by atoms with Crippen molar-refractivity contribution in [3.05, 3.63) is 71.8 Å². The van der Waals surface area contributed by atoms with E-state index < -0.39 is 0 Å². The van der Waals surface area contributed by atoms with Gasteiger partial charge in [-0.25, -0.2) is 0 Å². The Bertz CT molecular complexity index is 491. The molecule has 98 valence electrons. The number of rotatable bonds is 6. The lowest BCUT2D eigenvalue weighted by atomic mass is 10.1. The lowest BCUT2D eigenvalue weighted by Crippen LogP contribution is -2.09. The Morgan fingerprint density at radius 3 is 2.05 bits per heavy atom. The van der Waals surface area contributed by atoms with E-state index in [0.717, 1.165) is 18.4 Å². The van der Waals surface area contributed by atoms with Gasteiger partial charge in [0.05, 0.1) is 13.0 Å². The van der Waals surface area contributed by atoms with E-state index in [-0.39, 0.29) is 5.97 Å². The Kier molecular flexibility index (Phi) is 5.17. The topological polar surface area (TPSA) is 26.3 Å². The van der Waals surface area contributed by atoms with E-state index in [1.807, 2.05) is 48.5 Å². The zero-order valence-electron chi connectivity index (χ0n) is 10.9. The average molecular weight is 254 g/mol. The highest BCUT2D eigenvalue weighted by Gasteiger charge is 2.03. The summed E-state index contributed by atoms with van der Waals surface area (Å²) in [5.74, 6) is -0.153. The normalized spacial score (nSPS) is 10.1. The number of benzene rings is 2. The number of hydrogen-bond donors (Lipinski definition) is 0. The molecule has 2 rings (SSSR count). The predicted molar refractivity (Wildman–Crippen MR) is 75.9 cm³/mol. The molecule has 2 heteroatoms. The van der Waals surface area contributed by atoms with Gasteiger partial charge in [-0.3, -0.25) is 4.79 Å². The molecule has 2 aromatic carbocycles. The molecule has 0 aliphatic rings. The first-order valence-electron chi connectivity index (χ1n) is 6.58. The van der Waals surface area contributed by atoms with Gasteiger partial charge in [0.15, 0.2) is 0 Å². The molecule has 19 heavy (non-hydrogen) atoms. The van der Waals surface area contributed by atoms with Crippen LogP contribution in [0.15, 0.2) is 60.7 Å². The van der Waals surface area contributed by atoms with Crippen LogP contribution in [0.1, 0.15) is 17.5 Å². The summed E-state index contributed by atoms with van der Waals surface area (Å²) < 4.78 is 5.23. The van der Waals surface area contributed by atoms with E-state index in [1.54, 1.807) is 0 Å². The zero-order chi connectivity index (χ0) is 13.3. The van der Waals surface area contributed by atoms with Crippen LogP contribution in [0, 0.1) is 0 Å². The lowest BCUT2D eigenvalue weighted by Gasteiger charge is -2.05. The first kappa shape index (κ1) is 13.3. The van der Waals surface area contributed by atoms with Gasteiger partial charge < -0.3 is 4.74 Å². The van der Waals surface area contributed by atoms with Gasteiger partial charge in [-0.05, 0) is 24.0 Å². The first-order chi connectivity index (χ1) is 9.34. The largest absolute Gasteiger partial charge is 0.465 e. The molecule has 0 amide bonds. The van der Waals surface area contributed by atoms with Crippen molar-refractivity contribution < 1.29 is 9.53 Å². The Hall–Kier alpha value is -2.09. The van der Waals surface area contributed by atoms with Crippen LogP contribution in [0.4, 0.5) is 0 Å². The van der Waals surface area contributed by atoms with Crippen molar-refractivity contribution in [2.24, 2.45) is 0 Å². The molecule has 0 saturated carbocycles. The molecule has 0 bridgehead atoms. The first-order valence-corrected chi connectivity index (χ1v) is 6.58. The molecule has 0 aliphatic carbocycles. The second kappa shape index (κ2) is 7.37. The number of hydrogen-bond acceptors (Lipinski definition) is 2. The van der Waals surface area contributed by atoms with Crippen molar-refractivity contribution >= 4 is 5.97 Å². The van der Waals surface area contributed by atoms with Crippen LogP contribution in [0.3, 0.4) is 0 Å². The van der Waals surface area contributed by atoms with Crippen molar-refractivity contribution in [1.82, 2.24) is 0 Å². The van der Waals surface area contributed by atoms with E-state index in [2.05, 4.69) is 12.1 Å². The fourth-order valence-electron chi connectivity index (χ4n) is 1.92. The Balaban J connectivity index is 1.65. The van der Waals surface area contributed by atoms with E-state index in [9.17, 15) is 4.79 Å². The average Bonchev–Trinajstić information content (AvgIpc) is 2.46. The van der Waals surface area contributed by atoms with E-state index in [4.69, 9.17) is 4.74 Å². The zero-order valence-corrected chi connectivity index (χ0v) is 10.9. The summed E-state index contributed by atoms with van der Waals surface area (Å²) in [6, 6.07) is 19.9. The second-order valence-corrected chi connectivity index (χ2v) is 4.47. The molecule has 0 aromatic heterocycles. The van der Waals surface area contributed by atoms with Gasteiger partial charge in [0.25, 0.3) is 0 Å². The molecule has 0 atom stereocenters. The molecule has 2 nitrogen and oxygen atoms in total. The summed E-state index contributed by atoms with van der Waals surface area (Å²) in [7, 11) is 0. The van der Waals surface area contributed by atoms with Crippen LogP contribution in [0.5, 0.6) is 0 Å². The summed E-state index contributed by atoms with van der Waals surface area (Å²) in [6.45, 7) is 0.487. The van der Waals surface area contributed by atoms with Crippen LogP contribution in [0.2, 0.25) is 0 Å². The summed E-state index contributed by atoms with van der Waals surface area (Å²) in [4.78, 5) is 11.6. The van der Waals surface area contributed by atoms with Crippen molar-refractivity contribution in [1.29, 1.82) is 0 Å². The lowest BCUT2D eigenvalue weighted by molar-refractivity contribution is -0.142. The van der Waals surface area contributed by atoms with E-state index >= 15 is 0 Å². The molecule has 0 aliphatic heterocycles. The Labute approximate surface area is 114 Å². The van der Waals surface area contributed by atoms with Gasteiger partial charge in [0, 0.05) is 0 Å². The van der Waals surface area contributed by atoms with Crippen molar-refractivity contribution in [3.8, 4) is 0 Å². The van der Waals surface area contributed by atoms with Crippen LogP contribution >= 0.6 is 0 Å². The van der Waals surface area contributed by atoms with Gasteiger partial charge in [0.2, 0.25) is 0 Å². The van der Waals surface area contributed by atoms with Gasteiger partial charge in [0.1, 0.15) is 0 Å². The molecule has 0 N–H and O–H groups in total. The summed E-state index contributed by atoms with van der Waals surface area (Å²) in [5, 5.41) is 0. The van der Waals surface area contributed by atoms with Crippen molar-refractivity contribution in [2.45, 2.75) is 19.3 Å². The van der Waals surface area contributed by atoms with Crippen molar-refractivity contribution in [2.75, 3.05) is 6.61 Å². The number of ether oxygens (including phenoxy) is 1. The Morgan fingerprint density at radius 2 is 1.42 bits per heavy atom. The maximum Gasteiger partial charge on any atom is 0.310 e. The third kappa shape index (κ3) is 4.96. The minimum absolute atomic E-state index is 0.153. The van der Waals surface area contributed by atoms with Crippen molar-refractivity contribution in [3.63, 3.8) is 0 Å². The number of carbonyl (C=O) groups is 1. The number of aryl methyl sites for hydroxylation is 1. The third-order valence-corrected chi connectivity index (χ3v) is 2.91. The highest BCUT2D eigenvalue weighted by molar-refractivity contribution is 5.72. The van der Waals surface area contributed by atoms with Gasteiger partial charge in [-0.15, -0.1) is 0 Å². The smallest absolute Gasteiger partial charge is 0.310 e. The SMILES string of the molecule is O=C(Cc1ccccc1)OCCCc1ccccc1. The molecule has 0 radical (unpaired) electrons. The third-order valence-electron chi connectivity index (χ3n) is 2.91. The minimum atomic E-state index is -0.153. The molecule has 0 heterocycles. The number of carbonyl (C=O) groups excluding carboxylic acids is 1. The maximum absolute atomic E-state index is 11.6. The van der Waals surface area contributed by atoms with Gasteiger partial charge in [-0.1, -0.05) is 60.7 Å². The maximum atomic E-state index is 11.6. The molecule has 0 saturated heterocycles. The molecular weight excluding hydrogens is 236 g/mol.